The first-order chi connectivity index (χ1) is 25.2. The molecule has 1 aliphatic heterocycles. The number of nitrogens with one attached hydrogen (secondary N) is 2. The number of piperidine rings is 1. The summed E-state index contributed by atoms with van der Waals surface area (Å²) in [7, 11) is 3.38. The van der Waals surface area contributed by atoms with Gasteiger partial charge in [-0.1, -0.05) is 40.5 Å². The number of benzene rings is 3. The Bertz CT molecular complexity index is 2220. The zero-order chi connectivity index (χ0) is 38.0. The molecule has 0 saturated carbocycles. The second-order valence-electron chi connectivity index (χ2n) is 14.0. The highest BCUT2D eigenvalue weighted by atomic mass is 35.5. The molecule has 0 radical (unpaired) electrons. The van der Waals surface area contributed by atoms with Gasteiger partial charge in [-0.2, -0.15) is 5.26 Å². The largest absolute Gasteiger partial charge is 0.444 e. The monoisotopic (exact) mass is 757 g/mol. The van der Waals surface area contributed by atoms with Gasteiger partial charge in [-0.05, 0) is 81.6 Å². The standard InChI is InChI=1S/C38H38Cl2FN9O3/c1-38(2,3)53-37(52)49-13-11-27(12-14-49)50-21-32(46-47-50)34(22-7-6-8-23(15-22)36(51)48(4)5)45-26-16-28-33(44-25-9-10-31(41)29(39)17-25)24(19-42)20-43-35(28)30(40)18-26/h6-10,15-18,20-21,27,34,45H,11-14H2,1-5H3,(H,43,44). The summed E-state index contributed by atoms with van der Waals surface area (Å²) in [6.45, 7) is 6.56. The number of pyridine rings is 1. The van der Waals surface area contributed by atoms with Crippen molar-refractivity contribution in [2.24, 2.45) is 0 Å². The normalized spacial score (nSPS) is 14.1. The van der Waals surface area contributed by atoms with Gasteiger partial charge in [0.1, 0.15) is 23.2 Å². The van der Waals surface area contributed by atoms with Gasteiger partial charge < -0.3 is 25.2 Å². The second-order valence-corrected chi connectivity index (χ2v) is 14.8. The Morgan fingerprint density at radius 3 is 2.47 bits per heavy atom. The third-order valence-corrected chi connectivity index (χ3v) is 9.31. The van der Waals surface area contributed by atoms with E-state index in [0.29, 0.717) is 70.2 Å². The fourth-order valence-electron chi connectivity index (χ4n) is 6.13. The Morgan fingerprint density at radius 1 is 1.06 bits per heavy atom. The van der Waals surface area contributed by atoms with Gasteiger partial charge in [-0.15, -0.1) is 5.10 Å². The molecule has 6 rings (SSSR count). The lowest BCUT2D eigenvalue weighted by Gasteiger charge is -2.33. The quantitative estimate of drug-likeness (QED) is 0.160. The molecule has 0 aliphatic carbocycles. The van der Waals surface area contributed by atoms with Gasteiger partial charge in [0.15, 0.2) is 0 Å². The fraction of sp³-hybridized carbons (Fsp3) is 0.316. The van der Waals surface area contributed by atoms with Crippen molar-refractivity contribution in [1.82, 2.24) is 29.8 Å². The topological polar surface area (TPSA) is 141 Å². The lowest BCUT2D eigenvalue weighted by molar-refractivity contribution is 0.0184. The van der Waals surface area contributed by atoms with Crippen molar-refractivity contribution in [3.8, 4) is 6.07 Å². The highest BCUT2D eigenvalue weighted by Gasteiger charge is 2.29. The molecule has 0 bridgehead atoms. The molecule has 2 amide bonds. The molecule has 3 aromatic carbocycles. The predicted octanol–water partition coefficient (Wildman–Crippen LogP) is 8.36. The summed E-state index contributed by atoms with van der Waals surface area (Å²) in [5, 5.41) is 26.6. The van der Waals surface area contributed by atoms with Gasteiger partial charge in [-0.25, -0.2) is 13.9 Å². The first-order valence-electron chi connectivity index (χ1n) is 16.9. The average molecular weight is 759 g/mol. The van der Waals surface area contributed by atoms with E-state index in [9.17, 15) is 19.2 Å². The van der Waals surface area contributed by atoms with Crippen molar-refractivity contribution in [3.05, 3.63) is 105 Å². The Hall–Kier alpha value is -5.45. The van der Waals surface area contributed by atoms with E-state index in [1.54, 1.807) is 37.2 Å². The number of aromatic nitrogens is 4. The van der Waals surface area contributed by atoms with Gasteiger partial charge in [0, 0.05) is 55.7 Å². The first kappa shape index (κ1) is 37.3. The van der Waals surface area contributed by atoms with Gasteiger partial charge in [0.25, 0.3) is 5.91 Å². The Labute approximate surface area is 316 Å². The third-order valence-electron chi connectivity index (χ3n) is 8.73. The lowest BCUT2D eigenvalue weighted by atomic mass is 10.00. The minimum absolute atomic E-state index is 0.00331. The number of carbonyl (C=O) groups is 2. The van der Waals surface area contributed by atoms with Crippen LogP contribution in [-0.4, -0.2) is 74.6 Å². The molecule has 274 valence electrons. The molecule has 12 nitrogen and oxygen atoms in total. The van der Waals surface area contributed by atoms with Crippen molar-refractivity contribution in [3.63, 3.8) is 0 Å². The maximum Gasteiger partial charge on any atom is 0.410 e. The van der Waals surface area contributed by atoms with Gasteiger partial charge in [0.05, 0.1) is 45.1 Å². The summed E-state index contributed by atoms with van der Waals surface area (Å²) < 4.78 is 21.3. The van der Waals surface area contributed by atoms with Gasteiger partial charge in [-0.3, -0.25) is 9.78 Å². The molecule has 2 aromatic heterocycles. The summed E-state index contributed by atoms with van der Waals surface area (Å²) in [6, 6.07) is 16.5. The summed E-state index contributed by atoms with van der Waals surface area (Å²) >= 11 is 12.9. The van der Waals surface area contributed by atoms with E-state index >= 15 is 0 Å². The maximum absolute atomic E-state index is 14.0. The first-order valence-corrected chi connectivity index (χ1v) is 17.7. The lowest BCUT2D eigenvalue weighted by Crippen LogP contribution is -2.42. The number of rotatable bonds is 8. The number of halogens is 3. The minimum atomic E-state index is -0.603. The number of hydrogen-bond donors (Lipinski definition) is 2. The number of carbonyl (C=O) groups excluding carboxylic acids is 2. The molecule has 15 heteroatoms. The van der Waals surface area contributed by atoms with E-state index in [1.165, 1.54) is 29.3 Å². The maximum atomic E-state index is 14.0. The molecule has 1 atom stereocenters. The molecule has 2 N–H and O–H groups in total. The summed E-state index contributed by atoms with van der Waals surface area (Å²) in [5.41, 5.74) is 3.33. The van der Waals surface area contributed by atoms with E-state index < -0.39 is 17.5 Å². The number of nitrogens with zero attached hydrogens (tertiary/aromatic N) is 7. The number of hydrogen-bond acceptors (Lipinski definition) is 9. The Balaban J connectivity index is 1.36. The third kappa shape index (κ3) is 8.45. The van der Waals surface area contributed by atoms with Crippen LogP contribution in [0.1, 0.15) is 72.9 Å². The van der Waals surface area contributed by atoms with Crippen LogP contribution in [0.3, 0.4) is 0 Å². The van der Waals surface area contributed by atoms with Gasteiger partial charge >= 0.3 is 6.09 Å². The molecule has 1 fully saturated rings. The van der Waals surface area contributed by atoms with Crippen LogP contribution < -0.4 is 10.6 Å². The van der Waals surface area contributed by atoms with Crippen LogP contribution in [-0.2, 0) is 4.74 Å². The Kier molecular flexibility index (Phi) is 10.7. The molecule has 5 aromatic rings. The number of nitriles is 1. The van der Waals surface area contributed by atoms with Gasteiger partial charge in [0.2, 0.25) is 0 Å². The SMILES string of the molecule is CN(C)C(=O)c1cccc(C(Nc2cc(Cl)c3ncc(C#N)c(Nc4ccc(F)c(Cl)c4)c3c2)c2cn(C3CCN(C(=O)OC(C)(C)C)CC3)nn2)c1. The number of fused-ring (bicyclic) bond motifs is 1. The van der Waals surface area contributed by atoms with E-state index in [0.717, 1.165) is 5.56 Å². The van der Waals surface area contributed by atoms with Crippen molar-refractivity contribution >= 4 is 63.2 Å². The molecule has 1 saturated heterocycles. The van der Waals surface area contributed by atoms with Crippen LogP contribution >= 0.6 is 23.2 Å². The van der Waals surface area contributed by atoms with Crippen molar-refractivity contribution < 1.29 is 18.7 Å². The highest BCUT2D eigenvalue weighted by Crippen LogP contribution is 2.37. The second kappa shape index (κ2) is 15.3. The van der Waals surface area contributed by atoms with Crippen LogP contribution in [0.5, 0.6) is 0 Å². The number of anilines is 3. The minimum Gasteiger partial charge on any atom is -0.444 e. The summed E-state index contributed by atoms with van der Waals surface area (Å²) in [5.74, 6) is -0.733. The average Bonchev–Trinajstić information content (AvgIpc) is 3.61. The van der Waals surface area contributed by atoms with E-state index in [-0.39, 0.29) is 28.6 Å². The highest BCUT2D eigenvalue weighted by molar-refractivity contribution is 6.36. The van der Waals surface area contributed by atoms with Crippen molar-refractivity contribution in [2.75, 3.05) is 37.8 Å². The van der Waals surface area contributed by atoms with Crippen LogP contribution in [0.2, 0.25) is 10.0 Å². The summed E-state index contributed by atoms with van der Waals surface area (Å²) in [6.07, 6.45) is 4.28. The van der Waals surface area contributed by atoms with Crippen LogP contribution in [0.25, 0.3) is 10.9 Å². The van der Waals surface area contributed by atoms with E-state index in [2.05, 4.69) is 32.0 Å². The molecule has 1 aliphatic rings. The number of likely N-dealkylation sites (tertiary alicyclic amines) is 1. The zero-order valence-corrected chi connectivity index (χ0v) is 31.3. The van der Waals surface area contributed by atoms with Crippen LogP contribution in [0, 0.1) is 17.1 Å². The van der Waals surface area contributed by atoms with Crippen LogP contribution in [0.15, 0.2) is 67.0 Å². The van der Waals surface area contributed by atoms with E-state index in [1.807, 2.05) is 49.8 Å². The predicted molar refractivity (Wildman–Crippen MR) is 202 cm³/mol. The molecular formula is C38H38Cl2FN9O3. The zero-order valence-electron chi connectivity index (χ0n) is 29.8. The van der Waals surface area contributed by atoms with E-state index in [4.69, 9.17) is 27.9 Å². The molecule has 53 heavy (non-hydrogen) atoms. The fourth-order valence-corrected chi connectivity index (χ4v) is 6.57. The van der Waals surface area contributed by atoms with Crippen molar-refractivity contribution in [2.45, 2.75) is 51.3 Å². The molecule has 1 unspecified atom stereocenters. The number of amides is 2. The molecular weight excluding hydrogens is 720 g/mol. The summed E-state index contributed by atoms with van der Waals surface area (Å²) in [4.78, 5) is 33.3. The smallest absolute Gasteiger partial charge is 0.410 e. The van der Waals surface area contributed by atoms with Crippen molar-refractivity contribution in [1.29, 1.82) is 5.26 Å². The molecule has 3 heterocycles. The van der Waals surface area contributed by atoms with Crippen LogP contribution in [0.4, 0.5) is 26.2 Å². The number of ether oxygens (including phenoxy) is 1. The Morgan fingerprint density at radius 2 is 1.79 bits per heavy atom. The molecule has 0 spiro atoms.